The van der Waals surface area contributed by atoms with Gasteiger partial charge in [-0.2, -0.15) is 0 Å². The van der Waals surface area contributed by atoms with Crippen LogP contribution < -0.4 is 0 Å². The first-order chi connectivity index (χ1) is 14.0. The minimum absolute atomic E-state index is 0.0543. The number of hydrogen-bond acceptors (Lipinski definition) is 3. The molecule has 2 unspecified atom stereocenters. The van der Waals surface area contributed by atoms with Crippen molar-refractivity contribution < 1.29 is 19.8 Å². The molecule has 2 aliphatic rings. The Hall–Kier alpha value is -2.40. The number of aliphatic carboxylic acids is 1. The molecule has 1 fully saturated rings. The first kappa shape index (κ1) is 23.9. The van der Waals surface area contributed by atoms with E-state index in [9.17, 15) is 19.8 Å². The highest BCUT2D eigenvalue weighted by molar-refractivity contribution is 5.92. The second-order valence-electron chi connectivity index (χ2n) is 9.16. The van der Waals surface area contributed by atoms with Crippen LogP contribution in [0.3, 0.4) is 0 Å². The predicted octanol–water partition coefficient (Wildman–Crippen LogP) is 4.56. The number of β-amino-alcohol motifs (C(OH)–C–C–N with tert-alkyl or cyclic N) is 1. The highest BCUT2D eigenvalue weighted by Crippen LogP contribution is 2.40. The van der Waals surface area contributed by atoms with Gasteiger partial charge in [0.2, 0.25) is 5.91 Å². The van der Waals surface area contributed by atoms with Gasteiger partial charge in [-0.3, -0.25) is 4.79 Å². The van der Waals surface area contributed by atoms with E-state index < -0.39 is 18.1 Å². The van der Waals surface area contributed by atoms with Gasteiger partial charge in [-0.15, -0.1) is 0 Å². The summed E-state index contributed by atoms with van der Waals surface area (Å²) in [5, 5.41) is 18.9. The number of carbonyl (C=O) groups excluding carboxylic acids is 1. The van der Waals surface area contributed by atoms with Gasteiger partial charge < -0.3 is 15.1 Å². The summed E-state index contributed by atoms with van der Waals surface area (Å²) < 4.78 is 0. The Morgan fingerprint density at radius 2 is 1.87 bits per heavy atom. The highest BCUT2D eigenvalue weighted by atomic mass is 16.4. The van der Waals surface area contributed by atoms with E-state index in [4.69, 9.17) is 0 Å². The summed E-state index contributed by atoms with van der Waals surface area (Å²) in [6.07, 6.45) is 14.4. The van der Waals surface area contributed by atoms with Gasteiger partial charge in [0.05, 0.1) is 6.10 Å². The lowest BCUT2D eigenvalue weighted by molar-refractivity contribution is -0.146. The van der Waals surface area contributed by atoms with Crippen LogP contribution in [0.15, 0.2) is 58.7 Å². The normalized spacial score (nSPS) is 25.6. The number of nitrogens with zero attached hydrogens (tertiary/aromatic N) is 1. The van der Waals surface area contributed by atoms with Gasteiger partial charge in [0, 0.05) is 19.0 Å². The van der Waals surface area contributed by atoms with Crippen LogP contribution in [0.5, 0.6) is 0 Å². The van der Waals surface area contributed by atoms with Crippen molar-refractivity contribution in [2.24, 2.45) is 5.41 Å². The zero-order valence-electron chi connectivity index (χ0n) is 18.8. The number of carboxylic acids is 1. The van der Waals surface area contributed by atoms with Gasteiger partial charge in [-0.25, -0.2) is 4.79 Å². The molecule has 0 radical (unpaired) electrons. The van der Waals surface area contributed by atoms with Crippen molar-refractivity contribution >= 4 is 11.9 Å². The summed E-state index contributed by atoms with van der Waals surface area (Å²) in [6, 6.07) is -0.963. The molecule has 0 bridgehead atoms. The summed E-state index contributed by atoms with van der Waals surface area (Å²) in [4.78, 5) is 24.9. The quantitative estimate of drug-likeness (QED) is 0.494. The molecule has 0 spiro atoms. The minimum Gasteiger partial charge on any atom is -0.480 e. The summed E-state index contributed by atoms with van der Waals surface area (Å²) in [5.41, 5.74) is 4.94. The number of allylic oxidation sites excluding steroid dienone is 9. The number of aliphatic hydroxyl groups is 1. The third-order valence-corrected chi connectivity index (χ3v) is 5.97. The van der Waals surface area contributed by atoms with E-state index in [0.29, 0.717) is 0 Å². The standard InChI is InChI=1S/C25H35NO4/c1-17(11-12-21-19(3)10-7-13-25(21,4)5)8-6-9-18(2)14-23(28)26-16-20(27)15-22(26)24(29)30/h6,8-9,11-12,14,20,22,27H,7,10,13,15-16H2,1-5H3,(H,29,30)/b9-6+,12-11+,17-8+,18-14+. The Labute approximate surface area is 180 Å². The molecular weight excluding hydrogens is 378 g/mol. The van der Waals surface area contributed by atoms with Crippen molar-refractivity contribution in [2.45, 2.75) is 72.4 Å². The van der Waals surface area contributed by atoms with Crippen LogP contribution in [-0.2, 0) is 9.59 Å². The van der Waals surface area contributed by atoms with Crippen molar-refractivity contribution in [3.05, 3.63) is 58.7 Å². The zero-order chi connectivity index (χ0) is 22.5. The molecule has 5 nitrogen and oxygen atoms in total. The van der Waals surface area contributed by atoms with Crippen molar-refractivity contribution in [1.82, 2.24) is 4.90 Å². The minimum atomic E-state index is -1.08. The molecule has 1 amide bonds. The number of carboxylic acid groups (broad SMARTS) is 1. The average molecular weight is 414 g/mol. The van der Waals surface area contributed by atoms with Gasteiger partial charge in [-0.1, -0.05) is 55.4 Å². The van der Waals surface area contributed by atoms with Gasteiger partial charge >= 0.3 is 5.97 Å². The Balaban J connectivity index is 2.01. The highest BCUT2D eigenvalue weighted by Gasteiger charge is 2.38. The molecular formula is C25H35NO4. The van der Waals surface area contributed by atoms with E-state index in [1.165, 1.54) is 41.4 Å². The first-order valence-corrected chi connectivity index (χ1v) is 10.6. The molecule has 5 heteroatoms. The number of amides is 1. The lowest BCUT2D eigenvalue weighted by atomic mass is 9.72. The summed E-state index contributed by atoms with van der Waals surface area (Å²) in [6.45, 7) is 10.7. The van der Waals surface area contributed by atoms with E-state index >= 15 is 0 Å². The van der Waals surface area contributed by atoms with E-state index in [-0.39, 0.29) is 24.3 Å². The topological polar surface area (TPSA) is 77.8 Å². The third kappa shape index (κ3) is 6.30. The van der Waals surface area contributed by atoms with E-state index in [1.807, 2.05) is 25.2 Å². The Morgan fingerprint density at radius 1 is 1.17 bits per heavy atom. The Bertz CT molecular complexity index is 826. The Morgan fingerprint density at radius 3 is 2.50 bits per heavy atom. The maximum absolute atomic E-state index is 12.4. The summed E-state index contributed by atoms with van der Waals surface area (Å²) in [7, 11) is 0. The second kappa shape index (κ2) is 10.1. The van der Waals surface area contributed by atoms with Crippen molar-refractivity contribution in [1.29, 1.82) is 0 Å². The molecule has 0 aromatic carbocycles. The lowest BCUT2D eigenvalue weighted by Crippen LogP contribution is -2.39. The number of hydrogen-bond donors (Lipinski definition) is 2. The van der Waals surface area contributed by atoms with Crippen LogP contribution in [0.4, 0.5) is 0 Å². The van der Waals surface area contributed by atoms with Crippen molar-refractivity contribution in [3.63, 3.8) is 0 Å². The van der Waals surface area contributed by atoms with Crippen LogP contribution in [0.2, 0.25) is 0 Å². The van der Waals surface area contributed by atoms with Gasteiger partial charge in [-0.05, 0) is 56.6 Å². The molecule has 1 heterocycles. The van der Waals surface area contributed by atoms with Crippen LogP contribution in [0.25, 0.3) is 0 Å². The SMILES string of the molecule is CC1=C(/C=C/C(C)=C/C=C/C(C)=C/C(=O)N2CC(O)CC2C(=O)O)C(C)(C)CCC1. The number of carbonyl (C=O) groups is 2. The number of likely N-dealkylation sites (tertiary alicyclic amines) is 1. The summed E-state index contributed by atoms with van der Waals surface area (Å²) in [5.74, 6) is -1.47. The molecule has 2 atom stereocenters. The van der Waals surface area contributed by atoms with Crippen molar-refractivity contribution in [3.8, 4) is 0 Å². The summed E-state index contributed by atoms with van der Waals surface area (Å²) >= 11 is 0. The molecule has 0 aromatic rings. The van der Waals surface area contributed by atoms with Crippen LogP contribution in [0.1, 0.15) is 60.3 Å². The average Bonchev–Trinajstić information content (AvgIpc) is 3.03. The molecule has 30 heavy (non-hydrogen) atoms. The lowest BCUT2D eigenvalue weighted by Gasteiger charge is -2.32. The molecule has 1 aliphatic heterocycles. The van der Waals surface area contributed by atoms with E-state index in [0.717, 1.165) is 11.1 Å². The maximum atomic E-state index is 12.4. The van der Waals surface area contributed by atoms with Crippen LogP contribution in [0, 0.1) is 5.41 Å². The fraction of sp³-hybridized carbons (Fsp3) is 0.520. The smallest absolute Gasteiger partial charge is 0.326 e. The van der Waals surface area contributed by atoms with Crippen molar-refractivity contribution in [2.75, 3.05) is 6.54 Å². The first-order valence-electron chi connectivity index (χ1n) is 10.6. The maximum Gasteiger partial charge on any atom is 0.326 e. The van der Waals surface area contributed by atoms with Gasteiger partial charge in [0.25, 0.3) is 0 Å². The van der Waals surface area contributed by atoms with Crippen LogP contribution >= 0.6 is 0 Å². The Kier molecular flexibility index (Phi) is 8.02. The number of aliphatic hydroxyl groups excluding tert-OH is 1. The molecule has 164 valence electrons. The molecule has 0 aromatic heterocycles. The molecule has 2 rings (SSSR count). The van der Waals surface area contributed by atoms with E-state index in [1.54, 1.807) is 6.92 Å². The van der Waals surface area contributed by atoms with Gasteiger partial charge in [0.15, 0.2) is 0 Å². The van der Waals surface area contributed by atoms with Crippen LogP contribution in [-0.4, -0.2) is 45.7 Å². The van der Waals surface area contributed by atoms with E-state index in [2.05, 4.69) is 32.9 Å². The zero-order valence-corrected chi connectivity index (χ0v) is 18.8. The fourth-order valence-corrected chi connectivity index (χ4v) is 4.25. The number of rotatable bonds is 6. The molecule has 1 saturated heterocycles. The molecule has 0 saturated carbocycles. The largest absolute Gasteiger partial charge is 0.480 e. The second-order valence-corrected chi connectivity index (χ2v) is 9.16. The monoisotopic (exact) mass is 413 g/mol. The fourth-order valence-electron chi connectivity index (χ4n) is 4.25. The third-order valence-electron chi connectivity index (χ3n) is 5.97. The predicted molar refractivity (Wildman–Crippen MR) is 120 cm³/mol. The molecule has 2 N–H and O–H groups in total. The van der Waals surface area contributed by atoms with Gasteiger partial charge in [0.1, 0.15) is 6.04 Å². The molecule has 1 aliphatic carbocycles.